The van der Waals surface area contributed by atoms with Crippen LogP contribution in [0.25, 0.3) is 0 Å². The van der Waals surface area contributed by atoms with E-state index in [2.05, 4.69) is 5.32 Å². The number of aryl methyl sites for hydroxylation is 1. The van der Waals surface area contributed by atoms with Gasteiger partial charge in [0.15, 0.2) is 0 Å². The van der Waals surface area contributed by atoms with Crippen LogP contribution >= 0.6 is 0 Å². The van der Waals surface area contributed by atoms with E-state index in [-0.39, 0.29) is 17.7 Å². The van der Waals surface area contributed by atoms with Gasteiger partial charge in [0, 0.05) is 0 Å². The van der Waals surface area contributed by atoms with E-state index in [1.807, 2.05) is 39.8 Å². The third-order valence-electron chi connectivity index (χ3n) is 3.65. The molecular formula is C18H27NO4. The summed E-state index contributed by atoms with van der Waals surface area (Å²) in [5, 5.41) is 11.9. The lowest BCUT2D eigenvalue weighted by Gasteiger charge is -2.21. The number of carboxylic acids is 1. The number of carboxylic acid groups (broad SMARTS) is 1. The van der Waals surface area contributed by atoms with Gasteiger partial charge in [-0.05, 0) is 42.4 Å². The highest BCUT2D eigenvalue weighted by molar-refractivity contribution is 5.84. The average Bonchev–Trinajstić information content (AvgIpc) is 2.44. The number of rotatable bonds is 7. The van der Waals surface area contributed by atoms with Gasteiger partial charge in [-0.1, -0.05) is 32.9 Å². The van der Waals surface area contributed by atoms with Gasteiger partial charge in [0.2, 0.25) is 5.91 Å². The molecule has 0 aliphatic rings. The van der Waals surface area contributed by atoms with E-state index in [1.165, 1.54) is 0 Å². The van der Waals surface area contributed by atoms with Crippen molar-refractivity contribution in [2.45, 2.75) is 53.0 Å². The molecule has 0 aliphatic heterocycles. The standard InChI is InChI=1S/C18H27NO4/c1-12-6-7-13(10-15(12)23-5)11-16(20)19-14(17(21)22)8-9-18(2,3)4/h6-7,10,14H,8-9,11H2,1-5H3,(H,19,20)(H,21,22). The van der Waals surface area contributed by atoms with Crippen molar-refractivity contribution in [1.29, 1.82) is 0 Å². The van der Waals surface area contributed by atoms with E-state index >= 15 is 0 Å². The number of hydrogen-bond donors (Lipinski definition) is 2. The average molecular weight is 321 g/mol. The number of carbonyl (C=O) groups excluding carboxylic acids is 1. The monoisotopic (exact) mass is 321 g/mol. The predicted octanol–water partition coefficient (Wildman–Crippen LogP) is 2.94. The maximum Gasteiger partial charge on any atom is 0.326 e. The quantitative estimate of drug-likeness (QED) is 0.809. The van der Waals surface area contributed by atoms with Crippen LogP contribution in [0.1, 0.15) is 44.7 Å². The third-order valence-corrected chi connectivity index (χ3v) is 3.65. The zero-order chi connectivity index (χ0) is 17.6. The highest BCUT2D eigenvalue weighted by atomic mass is 16.5. The van der Waals surface area contributed by atoms with E-state index < -0.39 is 12.0 Å². The molecule has 23 heavy (non-hydrogen) atoms. The molecule has 0 radical (unpaired) electrons. The smallest absolute Gasteiger partial charge is 0.326 e. The Morgan fingerprint density at radius 3 is 2.48 bits per heavy atom. The number of ether oxygens (including phenoxy) is 1. The number of amides is 1. The number of hydrogen-bond acceptors (Lipinski definition) is 3. The van der Waals surface area contributed by atoms with E-state index in [0.717, 1.165) is 23.3 Å². The lowest BCUT2D eigenvalue weighted by atomic mass is 9.88. The second kappa shape index (κ2) is 7.99. The van der Waals surface area contributed by atoms with Crippen LogP contribution in [0.2, 0.25) is 0 Å². The van der Waals surface area contributed by atoms with Crippen molar-refractivity contribution in [2.75, 3.05) is 7.11 Å². The molecule has 5 nitrogen and oxygen atoms in total. The van der Waals surface area contributed by atoms with Gasteiger partial charge in [0.05, 0.1) is 13.5 Å². The zero-order valence-corrected chi connectivity index (χ0v) is 14.6. The largest absolute Gasteiger partial charge is 0.496 e. The van der Waals surface area contributed by atoms with Gasteiger partial charge in [-0.2, -0.15) is 0 Å². The molecule has 5 heteroatoms. The molecule has 0 saturated heterocycles. The molecule has 1 unspecified atom stereocenters. The molecule has 0 aliphatic carbocycles. The maximum atomic E-state index is 12.1. The molecule has 0 saturated carbocycles. The Labute approximate surface area is 138 Å². The molecule has 0 bridgehead atoms. The lowest BCUT2D eigenvalue weighted by molar-refractivity contribution is -0.142. The van der Waals surface area contributed by atoms with Crippen LogP contribution in [0.4, 0.5) is 0 Å². The summed E-state index contributed by atoms with van der Waals surface area (Å²) in [5.74, 6) is -0.570. The lowest BCUT2D eigenvalue weighted by Crippen LogP contribution is -2.42. The topological polar surface area (TPSA) is 75.6 Å². The van der Waals surface area contributed by atoms with Gasteiger partial charge >= 0.3 is 5.97 Å². The molecule has 0 fully saturated rings. The minimum absolute atomic E-state index is 0.0305. The zero-order valence-electron chi connectivity index (χ0n) is 14.6. The van der Waals surface area contributed by atoms with E-state index in [0.29, 0.717) is 6.42 Å². The number of nitrogens with one attached hydrogen (secondary N) is 1. The van der Waals surface area contributed by atoms with E-state index in [1.54, 1.807) is 13.2 Å². The Morgan fingerprint density at radius 1 is 1.30 bits per heavy atom. The highest BCUT2D eigenvalue weighted by Gasteiger charge is 2.22. The van der Waals surface area contributed by atoms with Gasteiger partial charge < -0.3 is 15.2 Å². The molecule has 1 atom stereocenters. The van der Waals surface area contributed by atoms with Crippen molar-refractivity contribution in [3.63, 3.8) is 0 Å². The summed E-state index contributed by atoms with van der Waals surface area (Å²) in [5.41, 5.74) is 1.82. The van der Waals surface area contributed by atoms with Crippen LogP contribution in [0.5, 0.6) is 5.75 Å². The Kier molecular flexibility index (Phi) is 6.61. The first kappa shape index (κ1) is 19.0. The highest BCUT2D eigenvalue weighted by Crippen LogP contribution is 2.22. The Hall–Kier alpha value is -2.04. The van der Waals surface area contributed by atoms with Crippen LogP contribution in [-0.2, 0) is 16.0 Å². The first-order valence-corrected chi connectivity index (χ1v) is 7.78. The third kappa shape index (κ3) is 6.72. The molecule has 1 aromatic rings. The molecule has 0 spiro atoms. The van der Waals surface area contributed by atoms with Gasteiger partial charge in [0.1, 0.15) is 11.8 Å². The minimum Gasteiger partial charge on any atom is -0.496 e. The maximum absolute atomic E-state index is 12.1. The van der Waals surface area contributed by atoms with E-state index in [9.17, 15) is 14.7 Å². The summed E-state index contributed by atoms with van der Waals surface area (Å²) in [6.07, 6.45) is 1.28. The van der Waals surface area contributed by atoms with Gasteiger partial charge in [-0.15, -0.1) is 0 Å². The van der Waals surface area contributed by atoms with Crippen molar-refractivity contribution in [3.8, 4) is 5.75 Å². The summed E-state index contributed by atoms with van der Waals surface area (Å²) in [4.78, 5) is 23.4. The second-order valence-electron chi connectivity index (χ2n) is 7.04. The molecule has 1 amide bonds. The number of benzene rings is 1. The summed E-state index contributed by atoms with van der Waals surface area (Å²) < 4.78 is 5.24. The molecular weight excluding hydrogens is 294 g/mol. The van der Waals surface area contributed by atoms with Crippen molar-refractivity contribution in [1.82, 2.24) is 5.32 Å². The van der Waals surface area contributed by atoms with Gasteiger partial charge in [-0.25, -0.2) is 4.79 Å². The fourth-order valence-electron chi connectivity index (χ4n) is 2.24. The Morgan fingerprint density at radius 2 is 1.96 bits per heavy atom. The molecule has 2 N–H and O–H groups in total. The molecule has 0 aromatic heterocycles. The van der Waals surface area contributed by atoms with Crippen molar-refractivity contribution in [3.05, 3.63) is 29.3 Å². The van der Waals surface area contributed by atoms with Crippen molar-refractivity contribution in [2.24, 2.45) is 5.41 Å². The van der Waals surface area contributed by atoms with Gasteiger partial charge in [-0.3, -0.25) is 4.79 Å². The van der Waals surface area contributed by atoms with Crippen LogP contribution in [-0.4, -0.2) is 30.1 Å². The fraction of sp³-hybridized carbons (Fsp3) is 0.556. The Balaban J connectivity index is 2.67. The first-order valence-electron chi connectivity index (χ1n) is 7.78. The summed E-state index contributed by atoms with van der Waals surface area (Å²) in [6, 6.07) is 4.69. The molecule has 1 rings (SSSR count). The first-order chi connectivity index (χ1) is 10.6. The fourth-order valence-corrected chi connectivity index (χ4v) is 2.24. The van der Waals surface area contributed by atoms with E-state index in [4.69, 9.17) is 4.74 Å². The molecule has 0 heterocycles. The minimum atomic E-state index is -0.996. The number of methoxy groups -OCH3 is 1. The normalized spacial score (nSPS) is 12.6. The summed E-state index contributed by atoms with van der Waals surface area (Å²) >= 11 is 0. The molecule has 128 valence electrons. The number of aliphatic carboxylic acids is 1. The van der Waals surface area contributed by atoms with Crippen LogP contribution < -0.4 is 10.1 Å². The van der Waals surface area contributed by atoms with Crippen LogP contribution in [0, 0.1) is 12.3 Å². The number of carbonyl (C=O) groups is 2. The second-order valence-corrected chi connectivity index (χ2v) is 7.04. The SMILES string of the molecule is COc1cc(CC(=O)NC(CCC(C)(C)C)C(=O)O)ccc1C. The summed E-state index contributed by atoms with van der Waals surface area (Å²) in [7, 11) is 1.58. The van der Waals surface area contributed by atoms with Crippen LogP contribution in [0.15, 0.2) is 18.2 Å². The molecule has 1 aromatic carbocycles. The van der Waals surface area contributed by atoms with Crippen LogP contribution in [0.3, 0.4) is 0 Å². The predicted molar refractivity (Wildman–Crippen MR) is 89.7 cm³/mol. The Bertz CT molecular complexity index is 561. The van der Waals surface area contributed by atoms with Gasteiger partial charge in [0.25, 0.3) is 0 Å². The summed E-state index contributed by atoms with van der Waals surface area (Å²) in [6.45, 7) is 8.07. The van der Waals surface area contributed by atoms with Crippen molar-refractivity contribution >= 4 is 11.9 Å². The van der Waals surface area contributed by atoms with Crippen molar-refractivity contribution < 1.29 is 19.4 Å².